The van der Waals surface area contributed by atoms with Crippen LogP contribution in [0.4, 0.5) is 0 Å². The van der Waals surface area contributed by atoms with Crippen LogP contribution in [-0.4, -0.2) is 157 Å². The Hall–Kier alpha value is -2.32. The predicted molar refractivity (Wildman–Crippen MR) is 173 cm³/mol. The van der Waals surface area contributed by atoms with Crippen LogP contribution in [0.1, 0.15) is 75.2 Å². The molecule has 0 aromatic heterocycles. The van der Waals surface area contributed by atoms with E-state index >= 15 is 0 Å². The van der Waals surface area contributed by atoms with Crippen molar-refractivity contribution in [1.29, 1.82) is 0 Å². The summed E-state index contributed by atoms with van der Waals surface area (Å²) in [5, 5.41) is 11.9. The molecule has 0 aliphatic carbocycles. The molecule has 1 rings (SSSR count). The molecule has 1 heterocycles. The summed E-state index contributed by atoms with van der Waals surface area (Å²) in [6, 6.07) is 0. The van der Waals surface area contributed by atoms with Gasteiger partial charge in [0.15, 0.2) is 0 Å². The maximum atomic E-state index is 12.8. The number of carbonyl (C=O) groups excluding carboxylic acids is 4. The largest absolute Gasteiger partial charge is 0.459 e. The molecule has 2 N–H and O–H groups in total. The summed E-state index contributed by atoms with van der Waals surface area (Å²) in [5.74, 6) is -1.15. The first kappa shape index (κ1) is 40.7. The molecule has 1 saturated heterocycles. The Balaban J connectivity index is 3.18. The normalized spacial score (nSPS) is 17.6. The van der Waals surface area contributed by atoms with E-state index in [9.17, 15) is 19.2 Å². The van der Waals surface area contributed by atoms with Gasteiger partial charge in [0.2, 0.25) is 5.91 Å². The molecular formula is C32H61N5O8. The second-order valence-electron chi connectivity index (χ2n) is 14.6. The molecule has 45 heavy (non-hydrogen) atoms. The van der Waals surface area contributed by atoms with E-state index in [1.165, 1.54) is 0 Å². The molecule has 0 spiro atoms. The number of nitrogens with zero attached hydrogens (tertiary/aromatic N) is 4. The van der Waals surface area contributed by atoms with Crippen LogP contribution in [0, 0.1) is 0 Å². The number of hydrogen-bond donors (Lipinski definition) is 2. The number of nitrogens with one attached hydrogen (secondary N) is 1. The van der Waals surface area contributed by atoms with Crippen LogP contribution >= 0.6 is 0 Å². The zero-order valence-electron chi connectivity index (χ0n) is 29.4. The smallest absolute Gasteiger partial charge is 0.320 e. The Bertz CT molecular complexity index is 880. The fourth-order valence-electron chi connectivity index (χ4n) is 4.60. The molecule has 1 aliphatic heterocycles. The minimum atomic E-state index is -0.621. The average molecular weight is 644 g/mol. The van der Waals surface area contributed by atoms with Crippen LogP contribution in [0.15, 0.2) is 0 Å². The van der Waals surface area contributed by atoms with Gasteiger partial charge in [-0.1, -0.05) is 0 Å². The number of aliphatic hydroxyl groups is 1. The lowest BCUT2D eigenvalue weighted by molar-refractivity contribution is -0.158. The molecule has 0 aromatic carbocycles. The van der Waals surface area contributed by atoms with E-state index in [1.54, 1.807) is 0 Å². The second kappa shape index (κ2) is 19.4. The number of unbranched alkanes of at least 4 members (excludes halogenated alkanes) is 1. The summed E-state index contributed by atoms with van der Waals surface area (Å²) in [5.41, 5.74) is -1.86. The van der Waals surface area contributed by atoms with Gasteiger partial charge in [-0.25, -0.2) is 0 Å². The third-order valence-corrected chi connectivity index (χ3v) is 6.52. The lowest BCUT2D eigenvalue weighted by Gasteiger charge is -2.34. The van der Waals surface area contributed by atoms with E-state index < -0.39 is 16.8 Å². The highest BCUT2D eigenvalue weighted by Crippen LogP contribution is 2.11. The molecule has 0 aromatic rings. The monoisotopic (exact) mass is 643 g/mol. The maximum absolute atomic E-state index is 12.8. The van der Waals surface area contributed by atoms with E-state index in [4.69, 9.17) is 19.3 Å². The predicted octanol–water partition coefficient (Wildman–Crippen LogP) is 1.12. The van der Waals surface area contributed by atoms with Crippen LogP contribution in [-0.2, 0) is 33.4 Å². The van der Waals surface area contributed by atoms with Crippen molar-refractivity contribution in [2.45, 2.75) is 92.0 Å². The van der Waals surface area contributed by atoms with Gasteiger partial charge in [-0.2, -0.15) is 0 Å². The third kappa shape index (κ3) is 21.9. The Kier molecular flexibility index (Phi) is 17.5. The van der Waals surface area contributed by atoms with Gasteiger partial charge in [0, 0.05) is 65.5 Å². The van der Waals surface area contributed by atoms with Crippen molar-refractivity contribution in [3.8, 4) is 0 Å². The summed E-state index contributed by atoms with van der Waals surface area (Å²) in [6.45, 7) is 21.3. The Labute approximate surface area is 270 Å². The van der Waals surface area contributed by atoms with Gasteiger partial charge in [0.25, 0.3) is 0 Å². The van der Waals surface area contributed by atoms with Gasteiger partial charge in [-0.3, -0.25) is 38.8 Å². The van der Waals surface area contributed by atoms with Crippen LogP contribution < -0.4 is 5.32 Å². The fourth-order valence-corrected chi connectivity index (χ4v) is 4.60. The van der Waals surface area contributed by atoms with Crippen molar-refractivity contribution in [1.82, 2.24) is 24.9 Å². The van der Waals surface area contributed by atoms with E-state index in [0.29, 0.717) is 71.7 Å². The average Bonchev–Trinajstić information content (AvgIpc) is 2.84. The van der Waals surface area contributed by atoms with E-state index in [0.717, 1.165) is 0 Å². The minimum absolute atomic E-state index is 0.0698. The molecular weight excluding hydrogens is 582 g/mol. The van der Waals surface area contributed by atoms with Gasteiger partial charge in [-0.05, 0) is 75.2 Å². The number of carbonyl (C=O) groups is 4. The van der Waals surface area contributed by atoms with Crippen molar-refractivity contribution in [3.63, 3.8) is 0 Å². The van der Waals surface area contributed by atoms with Gasteiger partial charge in [0.1, 0.15) is 16.8 Å². The van der Waals surface area contributed by atoms with E-state index in [-0.39, 0.29) is 56.6 Å². The topological polar surface area (TPSA) is 141 Å². The molecule has 1 fully saturated rings. The SMILES string of the molecule is CC(C)(C)OC(=O)CN1CCN(CC(=O)NCCCCO)CCN(CC(=O)OC(C)(C)C)CCN(CC(=O)OC(C)(C)C)CC1. The zero-order valence-corrected chi connectivity index (χ0v) is 29.4. The quantitative estimate of drug-likeness (QED) is 0.179. The van der Waals surface area contributed by atoms with E-state index in [2.05, 4.69) is 5.32 Å². The summed E-state index contributed by atoms with van der Waals surface area (Å²) in [4.78, 5) is 59.2. The summed E-state index contributed by atoms with van der Waals surface area (Å²) in [6.07, 6.45) is 1.31. The molecule has 0 atom stereocenters. The molecule has 0 saturated carbocycles. The van der Waals surface area contributed by atoms with Crippen molar-refractivity contribution < 1.29 is 38.5 Å². The molecule has 13 heteroatoms. The second-order valence-corrected chi connectivity index (χ2v) is 14.6. The number of amides is 1. The number of rotatable bonds is 12. The first-order chi connectivity index (χ1) is 20.7. The van der Waals surface area contributed by atoms with Gasteiger partial charge < -0.3 is 24.6 Å². The highest BCUT2D eigenvalue weighted by Gasteiger charge is 2.26. The van der Waals surface area contributed by atoms with Crippen LogP contribution in [0.5, 0.6) is 0 Å². The lowest BCUT2D eigenvalue weighted by Crippen LogP contribution is -2.50. The maximum Gasteiger partial charge on any atom is 0.320 e. The van der Waals surface area contributed by atoms with Gasteiger partial charge in [0.05, 0.1) is 26.2 Å². The highest BCUT2D eigenvalue weighted by atomic mass is 16.6. The highest BCUT2D eigenvalue weighted by molar-refractivity contribution is 5.78. The Morgan fingerprint density at radius 3 is 1.09 bits per heavy atom. The van der Waals surface area contributed by atoms with Gasteiger partial charge in [-0.15, -0.1) is 0 Å². The first-order valence-electron chi connectivity index (χ1n) is 16.2. The molecule has 0 radical (unpaired) electrons. The van der Waals surface area contributed by atoms with Crippen molar-refractivity contribution in [2.24, 2.45) is 0 Å². The summed E-state index contributed by atoms with van der Waals surface area (Å²) < 4.78 is 16.8. The molecule has 13 nitrogen and oxygen atoms in total. The standard InChI is InChI=1S/C32H61N5O8/c1-30(2,3)43-27(40)23-35-15-13-34(22-26(39)33-12-10-11-21-38)14-16-36(24-28(41)44-31(4,5)6)18-20-37(19-17-35)25-29(42)45-32(7,8)9/h38H,10-25H2,1-9H3,(H,33,39). The van der Waals surface area contributed by atoms with Gasteiger partial charge >= 0.3 is 17.9 Å². The molecule has 262 valence electrons. The first-order valence-corrected chi connectivity index (χ1v) is 16.2. The number of aliphatic hydroxyl groups excluding tert-OH is 1. The molecule has 1 aliphatic rings. The minimum Gasteiger partial charge on any atom is -0.459 e. The number of esters is 3. The zero-order chi connectivity index (χ0) is 34.3. The van der Waals surface area contributed by atoms with Crippen LogP contribution in [0.3, 0.4) is 0 Å². The molecule has 0 unspecified atom stereocenters. The van der Waals surface area contributed by atoms with Crippen molar-refractivity contribution in [3.05, 3.63) is 0 Å². The fraction of sp³-hybridized carbons (Fsp3) is 0.875. The third-order valence-electron chi connectivity index (χ3n) is 6.52. The summed E-state index contributed by atoms with van der Waals surface area (Å²) >= 11 is 0. The molecule has 1 amide bonds. The number of hydrogen-bond acceptors (Lipinski definition) is 12. The van der Waals surface area contributed by atoms with E-state index in [1.807, 2.05) is 81.9 Å². The number of ether oxygens (including phenoxy) is 3. The Morgan fingerprint density at radius 1 is 0.533 bits per heavy atom. The van der Waals surface area contributed by atoms with Crippen molar-refractivity contribution in [2.75, 3.05) is 91.7 Å². The lowest BCUT2D eigenvalue weighted by atomic mass is 10.2. The molecule has 0 bridgehead atoms. The summed E-state index contributed by atoms with van der Waals surface area (Å²) in [7, 11) is 0. The van der Waals surface area contributed by atoms with Crippen LogP contribution in [0.25, 0.3) is 0 Å². The van der Waals surface area contributed by atoms with Crippen molar-refractivity contribution >= 4 is 23.8 Å². The Morgan fingerprint density at radius 2 is 0.822 bits per heavy atom. The van der Waals surface area contributed by atoms with Crippen LogP contribution in [0.2, 0.25) is 0 Å².